The van der Waals surface area contributed by atoms with E-state index in [9.17, 15) is 4.79 Å². The molecule has 0 saturated heterocycles. The number of carbonyl (C=O) groups is 1. The van der Waals surface area contributed by atoms with Crippen LogP contribution >= 0.6 is 0 Å². The standard InChI is InChI=1S/C15H22N2O3/c1-4-16-15(2,3)14(18)17-11-6-7-12-13(10-11)20-9-5-8-19-12/h6-7,10,16H,4-5,8-9H2,1-3H3,(H,17,18). The molecule has 0 fully saturated rings. The number of hydrogen-bond acceptors (Lipinski definition) is 4. The molecule has 0 spiro atoms. The Kier molecular flexibility index (Phi) is 4.49. The maximum Gasteiger partial charge on any atom is 0.244 e. The Hall–Kier alpha value is -1.75. The number of rotatable bonds is 4. The highest BCUT2D eigenvalue weighted by Gasteiger charge is 2.26. The second-order valence-corrected chi connectivity index (χ2v) is 5.32. The molecular formula is C15H22N2O3. The maximum atomic E-state index is 12.2. The minimum atomic E-state index is -0.612. The molecule has 1 aromatic rings. The molecule has 0 aliphatic carbocycles. The van der Waals surface area contributed by atoms with Gasteiger partial charge in [-0.2, -0.15) is 0 Å². The van der Waals surface area contributed by atoms with E-state index in [-0.39, 0.29) is 5.91 Å². The fraction of sp³-hybridized carbons (Fsp3) is 0.533. The van der Waals surface area contributed by atoms with E-state index in [1.54, 1.807) is 6.07 Å². The minimum Gasteiger partial charge on any atom is -0.490 e. The molecular weight excluding hydrogens is 256 g/mol. The van der Waals surface area contributed by atoms with Crippen LogP contribution < -0.4 is 20.1 Å². The molecule has 5 heteroatoms. The molecule has 0 bridgehead atoms. The predicted octanol–water partition coefficient (Wildman–Crippen LogP) is 2.17. The lowest BCUT2D eigenvalue weighted by molar-refractivity contribution is -0.121. The number of anilines is 1. The van der Waals surface area contributed by atoms with Crippen LogP contribution in [0.2, 0.25) is 0 Å². The third-order valence-electron chi connectivity index (χ3n) is 3.19. The van der Waals surface area contributed by atoms with E-state index < -0.39 is 5.54 Å². The Balaban J connectivity index is 2.10. The number of fused-ring (bicyclic) bond motifs is 1. The van der Waals surface area contributed by atoms with Crippen LogP contribution in [0.1, 0.15) is 27.2 Å². The lowest BCUT2D eigenvalue weighted by Crippen LogP contribution is -2.49. The van der Waals surface area contributed by atoms with Gasteiger partial charge in [0.1, 0.15) is 0 Å². The average Bonchev–Trinajstić information content (AvgIpc) is 2.63. The Morgan fingerprint density at radius 2 is 1.95 bits per heavy atom. The predicted molar refractivity (Wildman–Crippen MR) is 78.4 cm³/mol. The first-order valence-electron chi connectivity index (χ1n) is 6.99. The molecule has 1 aromatic carbocycles. The number of benzene rings is 1. The largest absolute Gasteiger partial charge is 0.490 e. The molecule has 1 aliphatic rings. The quantitative estimate of drug-likeness (QED) is 0.886. The summed E-state index contributed by atoms with van der Waals surface area (Å²) in [5.74, 6) is 1.34. The third-order valence-corrected chi connectivity index (χ3v) is 3.19. The van der Waals surface area contributed by atoms with Gasteiger partial charge < -0.3 is 20.1 Å². The van der Waals surface area contributed by atoms with E-state index in [0.717, 1.165) is 18.7 Å². The lowest BCUT2D eigenvalue weighted by Gasteiger charge is -2.24. The fourth-order valence-electron chi connectivity index (χ4n) is 2.05. The molecule has 20 heavy (non-hydrogen) atoms. The summed E-state index contributed by atoms with van der Waals surface area (Å²) in [5, 5.41) is 6.05. The highest BCUT2D eigenvalue weighted by Crippen LogP contribution is 2.32. The number of likely N-dealkylation sites (N-methyl/N-ethyl adjacent to an activating group) is 1. The number of carbonyl (C=O) groups excluding carboxylic acids is 1. The van der Waals surface area contributed by atoms with Crippen molar-refractivity contribution in [2.45, 2.75) is 32.7 Å². The zero-order valence-electron chi connectivity index (χ0n) is 12.3. The maximum absolute atomic E-state index is 12.2. The van der Waals surface area contributed by atoms with Gasteiger partial charge in [-0.1, -0.05) is 6.92 Å². The van der Waals surface area contributed by atoms with Crippen LogP contribution in [0.4, 0.5) is 5.69 Å². The van der Waals surface area contributed by atoms with Crippen LogP contribution in [0.25, 0.3) is 0 Å². The number of amides is 1. The van der Waals surface area contributed by atoms with Gasteiger partial charge in [-0.25, -0.2) is 0 Å². The van der Waals surface area contributed by atoms with E-state index >= 15 is 0 Å². The summed E-state index contributed by atoms with van der Waals surface area (Å²) in [4.78, 5) is 12.2. The zero-order chi connectivity index (χ0) is 14.6. The van der Waals surface area contributed by atoms with Gasteiger partial charge in [0.25, 0.3) is 0 Å². The molecule has 2 rings (SSSR count). The minimum absolute atomic E-state index is 0.0751. The molecule has 1 heterocycles. The summed E-state index contributed by atoms with van der Waals surface area (Å²) in [6.07, 6.45) is 0.865. The van der Waals surface area contributed by atoms with Gasteiger partial charge >= 0.3 is 0 Å². The van der Waals surface area contributed by atoms with E-state index in [1.807, 2.05) is 32.9 Å². The molecule has 0 aromatic heterocycles. The summed E-state index contributed by atoms with van der Waals surface area (Å²) >= 11 is 0. The monoisotopic (exact) mass is 278 g/mol. The van der Waals surface area contributed by atoms with Crippen LogP contribution in [0.15, 0.2) is 18.2 Å². The second-order valence-electron chi connectivity index (χ2n) is 5.32. The third kappa shape index (κ3) is 3.42. The fourth-order valence-corrected chi connectivity index (χ4v) is 2.05. The van der Waals surface area contributed by atoms with Crippen molar-refractivity contribution >= 4 is 11.6 Å². The molecule has 0 atom stereocenters. The first kappa shape index (κ1) is 14.7. The molecule has 5 nitrogen and oxygen atoms in total. The average molecular weight is 278 g/mol. The van der Waals surface area contributed by atoms with Gasteiger partial charge in [-0.3, -0.25) is 4.79 Å². The van der Waals surface area contributed by atoms with Crippen LogP contribution in [0.5, 0.6) is 11.5 Å². The van der Waals surface area contributed by atoms with Gasteiger partial charge in [0.2, 0.25) is 5.91 Å². The molecule has 2 N–H and O–H groups in total. The van der Waals surface area contributed by atoms with Crippen molar-refractivity contribution in [2.24, 2.45) is 0 Å². The van der Waals surface area contributed by atoms with E-state index in [4.69, 9.17) is 9.47 Å². The Morgan fingerprint density at radius 3 is 2.65 bits per heavy atom. The van der Waals surface area contributed by atoms with E-state index in [0.29, 0.717) is 24.7 Å². The summed E-state index contributed by atoms with van der Waals surface area (Å²) in [6, 6.07) is 5.46. The van der Waals surface area contributed by atoms with Gasteiger partial charge in [0, 0.05) is 18.2 Å². The van der Waals surface area contributed by atoms with Gasteiger partial charge in [0.05, 0.1) is 18.8 Å². The summed E-state index contributed by atoms with van der Waals surface area (Å²) < 4.78 is 11.2. The van der Waals surface area contributed by atoms with Crippen molar-refractivity contribution in [2.75, 3.05) is 25.1 Å². The van der Waals surface area contributed by atoms with Crippen molar-refractivity contribution in [3.8, 4) is 11.5 Å². The van der Waals surface area contributed by atoms with Crippen molar-refractivity contribution in [3.63, 3.8) is 0 Å². The second kappa shape index (κ2) is 6.13. The normalized spacial score (nSPS) is 14.6. The number of hydrogen-bond donors (Lipinski definition) is 2. The highest BCUT2D eigenvalue weighted by molar-refractivity contribution is 5.97. The summed E-state index contributed by atoms with van der Waals surface area (Å²) in [5.41, 5.74) is 0.101. The smallest absolute Gasteiger partial charge is 0.244 e. The highest BCUT2D eigenvalue weighted by atomic mass is 16.5. The van der Waals surface area contributed by atoms with E-state index in [1.165, 1.54) is 0 Å². The van der Waals surface area contributed by atoms with Gasteiger partial charge in [-0.05, 0) is 32.5 Å². The zero-order valence-corrected chi connectivity index (χ0v) is 12.3. The van der Waals surface area contributed by atoms with E-state index in [2.05, 4.69) is 10.6 Å². The Bertz CT molecular complexity index is 486. The lowest BCUT2D eigenvalue weighted by atomic mass is 10.0. The molecule has 1 aliphatic heterocycles. The topological polar surface area (TPSA) is 59.6 Å². The molecule has 0 unspecified atom stereocenters. The summed E-state index contributed by atoms with van der Waals surface area (Å²) in [6.45, 7) is 7.72. The SMILES string of the molecule is CCNC(C)(C)C(=O)Nc1ccc2c(c1)OCCCO2. The van der Waals surface area contributed by atoms with Crippen molar-refractivity contribution < 1.29 is 14.3 Å². The first-order valence-corrected chi connectivity index (χ1v) is 6.99. The first-order chi connectivity index (χ1) is 9.53. The molecule has 1 amide bonds. The molecule has 0 radical (unpaired) electrons. The van der Waals surface area contributed by atoms with Crippen LogP contribution in [0.3, 0.4) is 0 Å². The van der Waals surface area contributed by atoms with Crippen molar-refractivity contribution in [1.82, 2.24) is 5.32 Å². The molecule has 110 valence electrons. The Labute approximate surface area is 119 Å². The van der Waals surface area contributed by atoms with Crippen LogP contribution in [0, 0.1) is 0 Å². The molecule has 0 saturated carbocycles. The van der Waals surface area contributed by atoms with Crippen molar-refractivity contribution in [3.05, 3.63) is 18.2 Å². The van der Waals surface area contributed by atoms with Crippen LogP contribution in [-0.4, -0.2) is 31.2 Å². The number of nitrogens with one attached hydrogen (secondary N) is 2. The summed E-state index contributed by atoms with van der Waals surface area (Å²) in [7, 11) is 0. The van der Waals surface area contributed by atoms with Crippen LogP contribution in [-0.2, 0) is 4.79 Å². The van der Waals surface area contributed by atoms with Crippen molar-refractivity contribution in [1.29, 1.82) is 0 Å². The van der Waals surface area contributed by atoms with Gasteiger partial charge in [-0.15, -0.1) is 0 Å². The van der Waals surface area contributed by atoms with Gasteiger partial charge in [0.15, 0.2) is 11.5 Å². The Morgan fingerprint density at radius 1 is 1.25 bits per heavy atom. The number of ether oxygens (including phenoxy) is 2.